The number of amides is 2. The average molecular weight is 413 g/mol. The van der Waals surface area contributed by atoms with Gasteiger partial charge in [-0.15, -0.1) is 10.2 Å². The second kappa shape index (κ2) is 8.50. The van der Waals surface area contributed by atoms with E-state index in [1.165, 1.54) is 0 Å². The Morgan fingerprint density at radius 2 is 1.58 bits per heavy atom. The van der Waals surface area contributed by atoms with E-state index in [1.54, 1.807) is 59.4 Å². The Labute approximate surface area is 178 Å². The minimum atomic E-state index is -0.496. The molecule has 0 saturated heterocycles. The van der Waals surface area contributed by atoms with Gasteiger partial charge in [0, 0.05) is 29.4 Å². The van der Waals surface area contributed by atoms with Gasteiger partial charge in [-0.25, -0.2) is 0 Å². The Morgan fingerprint density at radius 3 is 2.16 bits per heavy atom. The highest BCUT2D eigenvalue weighted by Gasteiger charge is 2.10. The van der Waals surface area contributed by atoms with E-state index in [2.05, 4.69) is 15.5 Å². The zero-order valence-electron chi connectivity index (χ0n) is 16.6. The average Bonchev–Trinajstić information content (AvgIpc) is 3.21. The summed E-state index contributed by atoms with van der Waals surface area (Å²) >= 11 is 0. The molecule has 3 N–H and O–H groups in total. The topological polar surface area (TPSA) is 112 Å². The van der Waals surface area contributed by atoms with Crippen molar-refractivity contribution in [2.75, 3.05) is 5.32 Å². The maximum atomic E-state index is 12.6. The van der Waals surface area contributed by atoms with Crippen molar-refractivity contribution < 1.29 is 14.3 Å². The number of ether oxygens (including phenoxy) is 1. The van der Waals surface area contributed by atoms with Crippen molar-refractivity contribution in [1.82, 2.24) is 14.8 Å². The zero-order valence-corrected chi connectivity index (χ0v) is 16.6. The summed E-state index contributed by atoms with van der Waals surface area (Å²) in [6.45, 7) is 0. The van der Waals surface area contributed by atoms with Crippen LogP contribution in [0.1, 0.15) is 20.7 Å². The van der Waals surface area contributed by atoms with Crippen LogP contribution in [0.4, 0.5) is 5.69 Å². The summed E-state index contributed by atoms with van der Waals surface area (Å²) in [4.78, 5) is 23.8. The van der Waals surface area contributed by atoms with Crippen molar-refractivity contribution in [2.45, 2.75) is 0 Å². The Bertz CT molecular complexity index is 1230. The first-order valence-corrected chi connectivity index (χ1v) is 9.43. The summed E-state index contributed by atoms with van der Waals surface area (Å²) in [5.41, 5.74) is 7.63. The first-order chi connectivity index (χ1) is 15.0. The second-order valence-corrected chi connectivity index (χ2v) is 6.82. The molecule has 1 aromatic heterocycles. The molecule has 154 valence electrons. The molecule has 4 rings (SSSR count). The molecule has 0 spiro atoms. The molecule has 0 aliphatic heterocycles. The lowest BCUT2D eigenvalue weighted by molar-refractivity contribution is 0.0997. The molecule has 1 heterocycles. The smallest absolute Gasteiger partial charge is 0.255 e. The number of primary amides is 1. The summed E-state index contributed by atoms with van der Waals surface area (Å²) in [6.07, 6.45) is 1.62. The number of nitrogens with one attached hydrogen (secondary N) is 1. The molecule has 0 atom stereocenters. The molecule has 0 saturated carbocycles. The number of carbonyl (C=O) groups excluding carboxylic acids is 2. The lowest BCUT2D eigenvalue weighted by atomic mass is 10.1. The van der Waals surface area contributed by atoms with E-state index < -0.39 is 5.91 Å². The number of anilines is 1. The van der Waals surface area contributed by atoms with Crippen LogP contribution < -0.4 is 15.8 Å². The van der Waals surface area contributed by atoms with Crippen LogP contribution in [0.25, 0.3) is 11.4 Å². The summed E-state index contributed by atoms with van der Waals surface area (Å²) in [5, 5.41) is 10.9. The van der Waals surface area contributed by atoms with E-state index in [4.69, 9.17) is 10.5 Å². The molecular weight excluding hydrogens is 394 g/mol. The molecule has 0 radical (unpaired) electrons. The van der Waals surface area contributed by atoms with Gasteiger partial charge in [-0.3, -0.25) is 9.59 Å². The number of aromatic nitrogens is 3. The Balaban J connectivity index is 1.43. The van der Waals surface area contributed by atoms with E-state index in [1.807, 2.05) is 31.3 Å². The van der Waals surface area contributed by atoms with Gasteiger partial charge in [0.2, 0.25) is 5.91 Å². The number of aryl methyl sites for hydroxylation is 1. The maximum Gasteiger partial charge on any atom is 0.255 e. The van der Waals surface area contributed by atoms with E-state index in [9.17, 15) is 9.59 Å². The molecule has 8 nitrogen and oxygen atoms in total. The molecule has 3 aromatic carbocycles. The highest BCUT2D eigenvalue weighted by Crippen LogP contribution is 2.23. The van der Waals surface area contributed by atoms with Gasteiger partial charge < -0.3 is 20.4 Å². The van der Waals surface area contributed by atoms with Gasteiger partial charge in [0.15, 0.2) is 5.82 Å². The predicted molar refractivity (Wildman–Crippen MR) is 116 cm³/mol. The van der Waals surface area contributed by atoms with E-state index >= 15 is 0 Å². The van der Waals surface area contributed by atoms with Crippen LogP contribution in [0, 0.1) is 0 Å². The van der Waals surface area contributed by atoms with Crippen molar-refractivity contribution in [3.63, 3.8) is 0 Å². The molecule has 4 aromatic rings. The molecule has 0 bridgehead atoms. The van der Waals surface area contributed by atoms with Crippen molar-refractivity contribution in [3.05, 3.63) is 90.3 Å². The fraction of sp³-hybridized carbons (Fsp3) is 0.0435. The summed E-state index contributed by atoms with van der Waals surface area (Å²) < 4.78 is 7.54. The molecule has 0 unspecified atom stereocenters. The highest BCUT2D eigenvalue weighted by atomic mass is 16.5. The van der Waals surface area contributed by atoms with Crippen LogP contribution in [0.2, 0.25) is 0 Å². The number of rotatable bonds is 6. The molecule has 31 heavy (non-hydrogen) atoms. The predicted octanol–water partition coefficient (Wildman–Crippen LogP) is 3.63. The summed E-state index contributed by atoms with van der Waals surface area (Å²) in [7, 11) is 1.86. The third-order valence-electron chi connectivity index (χ3n) is 4.58. The minimum Gasteiger partial charge on any atom is -0.457 e. The fourth-order valence-corrected chi connectivity index (χ4v) is 2.98. The van der Waals surface area contributed by atoms with Gasteiger partial charge in [-0.1, -0.05) is 12.1 Å². The minimum absolute atomic E-state index is 0.243. The molecular formula is C23H19N5O3. The van der Waals surface area contributed by atoms with Crippen LogP contribution in [0.3, 0.4) is 0 Å². The lowest BCUT2D eigenvalue weighted by Crippen LogP contribution is -2.11. The van der Waals surface area contributed by atoms with E-state index in [0.29, 0.717) is 34.1 Å². The standard InChI is InChI=1S/C23H19N5O3/c1-28-14-25-27-22(28)17-3-2-4-18(13-17)26-23(30)16-7-11-20(12-8-16)31-19-9-5-15(6-10-19)21(24)29/h2-14H,1H3,(H2,24,29)(H,26,30). The number of carbonyl (C=O) groups is 2. The molecule has 0 fully saturated rings. The van der Waals surface area contributed by atoms with Gasteiger partial charge in [-0.05, 0) is 60.7 Å². The quantitative estimate of drug-likeness (QED) is 0.501. The zero-order chi connectivity index (χ0) is 21.8. The van der Waals surface area contributed by atoms with Gasteiger partial charge >= 0.3 is 0 Å². The third-order valence-corrected chi connectivity index (χ3v) is 4.58. The largest absolute Gasteiger partial charge is 0.457 e. The Kier molecular flexibility index (Phi) is 5.44. The van der Waals surface area contributed by atoms with Crippen molar-refractivity contribution in [1.29, 1.82) is 0 Å². The number of nitrogens with two attached hydrogens (primary N) is 1. The SMILES string of the molecule is Cn1cnnc1-c1cccc(NC(=O)c2ccc(Oc3ccc(C(N)=O)cc3)cc2)c1. The molecule has 8 heteroatoms. The van der Waals surface area contributed by atoms with E-state index in [0.717, 1.165) is 5.56 Å². The maximum absolute atomic E-state index is 12.6. The van der Waals surface area contributed by atoms with E-state index in [-0.39, 0.29) is 5.91 Å². The van der Waals surface area contributed by atoms with Crippen LogP contribution in [0.15, 0.2) is 79.1 Å². The monoisotopic (exact) mass is 413 g/mol. The summed E-state index contributed by atoms with van der Waals surface area (Å²) in [5.74, 6) is 1.09. The van der Waals surface area contributed by atoms with Crippen LogP contribution >= 0.6 is 0 Å². The van der Waals surface area contributed by atoms with Crippen molar-refractivity contribution in [3.8, 4) is 22.9 Å². The van der Waals surface area contributed by atoms with Crippen LogP contribution in [-0.4, -0.2) is 26.6 Å². The Hall–Kier alpha value is -4.46. The first-order valence-electron chi connectivity index (χ1n) is 9.43. The second-order valence-electron chi connectivity index (χ2n) is 6.82. The van der Waals surface area contributed by atoms with Crippen molar-refractivity contribution >= 4 is 17.5 Å². The number of hydrogen-bond donors (Lipinski definition) is 2. The Morgan fingerprint density at radius 1 is 0.935 bits per heavy atom. The number of hydrogen-bond acceptors (Lipinski definition) is 5. The van der Waals surface area contributed by atoms with Gasteiger partial charge in [-0.2, -0.15) is 0 Å². The molecule has 2 amide bonds. The van der Waals surface area contributed by atoms with Gasteiger partial charge in [0.25, 0.3) is 5.91 Å². The highest BCUT2D eigenvalue weighted by molar-refractivity contribution is 6.04. The number of benzene rings is 3. The van der Waals surface area contributed by atoms with Gasteiger partial charge in [0.05, 0.1) is 0 Å². The van der Waals surface area contributed by atoms with Crippen LogP contribution in [-0.2, 0) is 7.05 Å². The summed E-state index contributed by atoms with van der Waals surface area (Å²) in [6, 6.07) is 20.7. The normalized spacial score (nSPS) is 10.5. The third kappa shape index (κ3) is 4.59. The fourth-order valence-electron chi connectivity index (χ4n) is 2.98. The lowest BCUT2D eigenvalue weighted by Gasteiger charge is -2.09. The molecule has 0 aliphatic carbocycles. The molecule has 0 aliphatic rings. The van der Waals surface area contributed by atoms with Crippen molar-refractivity contribution in [2.24, 2.45) is 12.8 Å². The van der Waals surface area contributed by atoms with Gasteiger partial charge in [0.1, 0.15) is 17.8 Å². The first kappa shape index (κ1) is 19.8. The number of nitrogens with zero attached hydrogens (tertiary/aromatic N) is 3. The van der Waals surface area contributed by atoms with Crippen LogP contribution in [0.5, 0.6) is 11.5 Å².